The molecule has 0 aromatic heterocycles. The van der Waals surface area contributed by atoms with Crippen LogP contribution in [0.3, 0.4) is 0 Å². The molecular weight excluding hydrogens is 314 g/mol. The van der Waals surface area contributed by atoms with Gasteiger partial charge < -0.3 is 9.47 Å². The first kappa shape index (κ1) is 17.6. The number of morpholine rings is 1. The highest BCUT2D eigenvalue weighted by molar-refractivity contribution is 5.76. The lowest BCUT2D eigenvalue weighted by atomic mass is 10.0. The van der Waals surface area contributed by atoms with Crippen LogP contribution in [0, 0.1) is 0 Å². The fraction of sp³-hybridized carbons (Fsp3) is 0.381. The molecule has 0 amide bonds. The van der Waals surface area contributed by atoms with Gasteiger partial charge >= 0.3 is 5.97 Å². The molecule has 4 heteroatoms. The number of carbonyl (C=O) groups is 1. The summed E-state index contributed by atoms with van der Waals surface area (Å²) >= 11 is 0. The van der Waals surface area contributed by atoms with E-state index < -0.39 is 0 Å². The van der Waals surface area contributed by atoms with E-state index in [2.05, 4.69) is 30.9 Å². The SMILES string of the molecule is CC1(C)CN(Cc2ccccc2)C(C(=O)OCc2ccccc2)CO1. The third-order valence-corrected chi connectivity index (χ3v) is 4.38. The van der Waals surface area contributed by atoms with E-state index in [1.54, 1.807) is 0 Å². The van der Waals surface area contributed by atoms with Crippen LogP contribution in [-0.2, 0) is 27.4 Å². The highest BCUT2D eigenvalue weighted by Gasteiger charge is 2.38. The first-order chi connectivity index (χ1) is 12.0. The molecule has 1 heterocycles. The van der Waals surface area contributed by atoms with Crippen LogP contribution in [0.2, 0.25) is 0 Å². The standard InChI is InChI=1S/C21H25NO3/c1-21(2)16-22(13-17-9-5-3-6-10-17)19(15-25-21)20(23)24-14-18-11-7-4-8-12-18/h3-12,19H,13-16H2,1-2H3. The second kappa shape index (κ2) is 7.81. The number of hydrogen-bond donors (Lipinski definition) is 0. The summed E-state index contributed by atoms with van der Waals surface area (Å²) in [7, 11) is 0. The van der Waals surface area contributed by atoms with Crippen molar-refractivity contribution in [2.45, 2.75) is 38.6 Å². The first-order valence-corrected chi connectivity index (χ1v) is 8.66. The summed E-state index contributed by atoms with van der Waals surface area (Å²) in [5.41, 5.74) is 1.90. The van der Waals surface area contributed by atoms with Crippen LogP contribution in [0.5, 0.6) is 0 Å². The zero-order valence-electron chi connectivity index (χ0n) is 14.9. The Morgan fingerprint density at radius 3 is 2.32 bits per heavy atom. The van der Waals surface area contributed by atoms with Gasteiger partial charge in [0, 0.05) is 13.1 Å². The Labute approximate surface area is 149 Å². The second-order valence-electron chi connectivity index (χ2n) is 7.07. The summed E-state index contributed by atoms with van der Waals surface area (Å²) in [5, 5.41) is 0. The summed E-state index contributed by atoms with van der Waals surface area (Å²) in [6.45, 7) is 6.14. The Hall–Kier alpha value is -2.17. The van der Waals surface area contributed by atoms with Crippen LogP contribution in [-0.4, -0.2) is 35.7 Å². The molecule has 4 nitrogen and oxygen atoms in total. The predicted octanol–water partition coefficient (Wildman–Crippen LogP) is 3.41. The Bertz CT molecular complexity index is 685. The molecule has 0 N–H and O–H groups in total. The molecule has 25 heavy (non-hydrogen) atoms. The molecular formula is C21H25NO3. The summed E-state index contributed by atoms with van der Waals surface area (Å²) in [6.07, 6.45) is 0. The summed E-state index contributed by atoms with van der Waals surface area (Å²) in [6, 6.07) is 19.6. The van der Waals surface area contributed by atoms with Gasteiger partial charge in [-0.25, -0.2) is 0 Å². The molecule has 132 valence electrons. The highest BCUT2D eigenvalue weighted by Crippen LogP contribution is 2.23. The van der Waals surface area contributed by atoms with E-state index in [1.807, 2.05) is 48.5 Å². The lowest BCUT2D eigenvalue weighted by molar-refractivity contribution is -0.170. The van der Waals surface area contributed by atoms with Crippen molar-refractivity contribution in [3.05, 3.63) is 71.8 Å². The monoisotopic (exact) mass is 339 g/mol. The van der Waals surface area contributed by atoms with Crippen LogP contribution in [0.15, 0.2) is 60.7 Å². The molecule has 1 fully saturated rings. The van der Waals surface area contributed by atoms with E-state index in [0.717, 1.165) is 5.56 Å². The molecule has 2 aromatic carbocycles. The Balaban J connectivity index is 1.67. The van der Waals surface area contributed by atoms with Gasteiger partial charge in [0.25, 0.3) is 0 Å². The Morgan fingerprint density at radius 2 is 1.68 bits per heavy atom. The third-order valence-electron chi connectivity index (χ3n) is 4.38. The summed E-state index contributed by atoms with van der Waals surface area (Å²) < 4.78 is 11.4. The van der Waals surface area contributed by atoms with E-state index in [4.69, 9.17) is 9.47 Å². The number of hydrogen-bond acceptors (Lipinski definition) is 4. The predicted molar refractivity (Wildman–Crippen MR) is 96.9 cm³/mol. The van der Waals surface area contributed by atoms with Crippen molar-refractivity contribution >= 4 is 5.97 Å². The van der Waals surface area contributed by atoms with E-state index in [0.29, 0.717) is 26.3 Å². The third kappa shape index (κ3) is 4.91. The molecule has 0 bridgehead atoms. The number of rotatable bonds is 5. The van der Waals surface area contributed by atoms with Crippen LogP contribution < -0.4 is 0 Å². The van der Waals surface area contributed by atoms with Gasteiger partial charge in [0.05, 0.1) is 12.2 Å². The fourth-order valence-corrected chi connectivity index (χ4v) is 3.08. The quantitative estimate of drug-likeness (QED) is 0.783. The van der Waals surface area contributed by atoms with Gasteiger partial charge in [0.1, 0.15) is 12.6 Å². The maximum absolute atomic E-state index is 12.6. The summed E-state index contributed by atoms with van der Waals surface area (Å²) in [4.78, 5) is 14.8. The van der Waals surface area contributed by atoms with Crippen molar-refractivity contribution in [3.8, 4) is 0 Å². The van der Waals surface area contributed by atoms with Crippen molar-refractivity contribution in [3.63, 3.8) is 0 Å². The van der Waals surface area contributed by atoms with Gasteiger partial charge in [-0.15, -0.1) is 0 Å². The van der Waals surface area contributed by atoms with Crippen molar-refractivity contribution in [1.82, 2.24) is 4.90 Å². The van der Waals surface area contributed by atoms with E-state index in [1.165, 1.54) is 5.56 Å². The minimum atomic E-state index is -0.378. The van der Waals surface area contributed by atoms with Crippen molar-refractivity contribution in [2.75, 3.05) is 13.2 Å². The molecule has 1 saturated heterocycles. The van der Waals surface area contributed by atoms with Gasteiger partial charge in [-0.05, 0) is 25.0 Å². The van der Waals surface area contributed by atoms with Crippen LogP contribution >= 0.6 is 0 Å². The second-order valence-corrected chi connectivity index (χ2v) is 7.07. The minimum absolute atomic E-state index is 0.227. The lowest BCUT2D eigenvalue weighted by Crippen LogP contribution is -2.56. The Kier molecular flexibility index (Phi) is 5.51. The van der Waals surface area contributed by atoms with Crippen molar-refractivity contribution < 1.29 is 14.3 Å². The van der Waals surface area contributed by atoms with Crippen molar-refractivity contribution in [2.24, 2.45) is 0 Å². The molecule has 3 rings (SSSR count). The van der Waals surface area contributed by atoms with E-state index in [9.17, 15) is 4.79 Å². The topological polar surface area (TPSA) is 38.8 Å². The van der Waals surface area contributed by atoms with Gasteiger partial charge in [-0.1, -0.05) is 60.7 Å². The Morgan fingerprint density at radius 1 is 1.08 bits per heavy atom. The number of carbonyl (C=O) groups excluding carboxylic acids is 1. The van der Waals surface area contributed by atoms with Crippen LogP contribution in [0.25, 0.3) is 0 Å². The maximum atomic E-state index is 12.6. The number of esters is 1. The largest absolute Gasteiger partial charge is 0.460 e. The van der Waals surface area contributed by atoms with Gasteiger partial charge in [0.2, 0.25) is 0 Å². The highest BCUT2D eigenvalue weighted by atomic mass is 16.5. The molecule has 0 radical (unpaired) electrons. The fourth-order valence-electron chi connectivity index (χ4n) is 3.08. The molecule has 1 aliphatic rings. The van der Waals surface area contributed by atoms with Gasteiger partial charge in [0.15, 0.2) is 0 Å². The van der Waals surface area contributed by atoms with Gasteiger partial charge in [-0.2, -0.15) is 0 Å². The van der Waals surface area contributed by atoms with Gasteiger partial charge in [-0.3, -0.25) is 9.69 Å². The normalized spacial score (nSPS) is 20.2. The molecule has 1 aliphatic heterocycles. The van der Waals surface area contributed by atoms with Crippen LogP contribution in [0.4, 0.5) is 0 Å². The average Bonchev–Trinajstić information content (AvgIpc) is 2.61. The smallest absolute Gasteiger partial charge is 0.326 e. The molecule has 0 spiro atoms. The zero-order chi connectivity index (χ0) is 17.7. The van der Waals surface area contributed by atoms with Crippen LogP contribution in [0.1, 0.15) is 25.0 Å². The molecule has 1 unspecified atom stereocenters. The molecule has 2 aromatic rings. The number of nitrogens with zero attached hydrogens (tertiary/aromatic N) is 1. The molecule has 0 aliphatic carbocycles. The summed E-state index contributed by atoms with van der Waals surface area (Å²) in [5.74, 6) is -0.227. The zero-order valence-corrected chi connectivity index (χ0v) is 14.9. The average molecular weight is 339 g/mol. The van der Waals surface area contributed by atoms with E-state index >= 15 is 0 Å². The van der Waals surface area contributed by atoms with E-state index in [-0.39, 0.29) is 17.6 Å². The number of benzene rings is 2. The number of ether oxygens (including phenoxy) is 2. The first-order valence-electron chi connectivity index (χ1n) is 8.66. The van der Waals surface area contributed by atoms with Crippen molar-refractivity contribution in [1.29, 1.82) is 0 Å². The maximum Gasteiger partial charge on any atom is 0.326 e. The minimum Gasteiger partial charge on any atom is -0.460 e. The lowest BCUT2D eigenvalue weighted by Gasteiger charge is -2.42. The molecule has 0 saturated carbocycles. The molecule has 1 atom stereocenters.